The summed E-state index contributed by atoms with van der Waals surface area (Å²) in [5.74, 6) is 0. The predicted octanol–water partition coefficient (Wildman–Crippen LogP) is 2.34. The van der Waals surface area contributed by atoms with Crippen LogP contribution in [0, 0.1) is 6.92 Å². The molecule has 0 fully saturated rings. The quantitative estimate of drug-likeness (QED) is 0.718. The summed E-state index contributed by atoms with van der Waals surface area (Å²) in [6.45, 7) is 4.81. The van der Waals surface area contributed by atoms with E-state index in [1.165, 1.54) is 16.7 Å². The van der Waals surface area contributed by atoms with E-state index in [4.69, 9.17) is 10.5 Å². The molecular formula is C11H16ClNO. The lowest BCUT2D eigenvalue weighted by Crippen LogP contribution is -2.31. The number of fused-ring (bicyclic) bond motifs is 1. The highest BCUT2D eigenvalue weighted by Crippen LogP contribution is 2.27. The maximum atomic E-state index is 6.03. The van der Waals surface area contributed by atoms with Gasteiger partial charge in [-0.25, -0.2) is 0 Å². The van der Waals surface area contributed by atoms with Crippen LogP contribution in [0.2, 0.25) is 0 Å². The first-order valence-electron chi connectivity index (χ1n) is 4.65. The molecule has 14 heavy (non-hydrogen) atoms. The number of aryl methyl sites for hydroxylation is 1. The molecule has 0 unspecified atom stereocenters. The molecule has 0 aliphatic carbocycles. The van der Waals surface area contributed by atoms with Crippen LogP contribution in [-0.4, -0.2) is 6.10 Å². The number of benzene rings is 1. The normalized spacial score (nSPS) is 25.1. The van der Waals surface area contributed by atoms with Crippen LogP contribution in [0.1, 0.15) is 29.7 Å². The molecule has 78 valence electrons. The van der Waals surface area contributed by atoms with Gasteiger partial charge in [-0.05, 0) is 25.0 Å². The third-order valence-electron chi connectivity index (χ3n) is 2.67. The van der Waals surface area contributed by atoms with Crippen LogP contribution < -0.4 is 5.73 Å². The molecule has 1 aliphatic rings. The second kappa shape index (κ2) is 4.30. The third-order valence-corrected chi connectivity index (χ3v) is 2.67. The summed E-state index contributed by atoms with van der Waals surface area (Å²) >= 11 is 0. The Morgan fingerprint density at radius 3 is 2.86 bits per heavy atom. The van der Waals surface area contributed by atoms with E-state index < -0.39 is 0 Å². The van der Waals surface area contributed by atoms with Crippen molar-refractivity contribution in [3.63, 3.8) is 0 Å². The minimum absolute atomic E-state index is 0. The molecule has 0 saturated carbocycles. The average molecular weight is 214 g/mol. The number of hydrogen-bond acceptors (Lipinski definition) is 2. The van der Waals surface area contributed by atoms with Crippen molar-refractivity contribution in [1.82, 2.24) is 0 Å². The van der Waals surface area contributed by atoms with Crippen molar-refractivity contribution in [1.29, 1.82) is 0 Å². The van der Waals surface area contributed by atoms with Crippen molar-refractivity contribution in [2.45, 2.75) is 32.6 Å². The molecule has 1 aromatic rings. The maximum absolute atomic E-state index is 6.03. The van der Waals surface area contributed by atoms with Crippen LogP contribution >= 0.6 is 12.4 Å². The van der Waals surface area contributed by atoms with Crippen molar-refractivity contribution >= 4 is 12.4 Å². The highest BCUT2D eigenvalue weighted by Gasteiger charge is 2.23. The molecule has 0 saturated heterocycles. The number of halogens is 1. The molecule has 2 N–H and O–H groups in total. The van der Waals surface area contributed by atoms with Gasteiger partial charge in [0.1, 0.15) is 0 Å². The molecule has 0 radical (unpaired) electrons. The number of hydrogen-bond donors (Lipinski definition) is 1. The van der Waals surface area contributed by atoms with Crippen molar-refractivity contribution in [3.8, 4) is 0 Å². The average Bonchev–Trinajstić information content (AvgIpc) is 2.12. The van der Waals surface area contributed by atoms with Gasteiger partial charge in [-0.3, -0.25) is 0 Å². The van der Waals surface area contributed by atoms with Gasteiger partial charge < -0.3 is 10.5 Å². The summed E-state index contributed by atoms with van der Waals surface area (Å²) in [4.78, 5) is 0. The second-order valence-electron chi connectivity index (χ2n) is 3.74. The molecule has 0 amide bonds. The monoisotopic (exact) mass is 213 g/mol. The summed E-state index contributed by atoms with van der Waals surface area (Å²) in [7, 11) is 0. The molecule has 2 atom stereocenters. The lowest BCUT2D eigenvalue weighted by molar-refractivity contribution is 0.0213. The van der Waals surface area contributed by atoms with Crippen molar-refractivity contribution < 1.29 is 4.74 Å². The largest absolute Gasteiger partial charge is 0.372 e. The van der Waals surface area contributed by atoms with E-state index in [2.05, 4.69) is 25.1 Å². The van der Waals surface area contributed by atoms with E-state index in [-0.39, 0.29) is 24.6 Å². The van der Waals surface area contributed by atoms with Gasteiger partial charge in [-0.2, -0.15) is 0 Å². The Morgan fingerprint density at radius 1 is 1.43 bits per heavy atom. The summed E-state index contributed by atoms with van der Waals surface area (Å²) in [5.41, 5.74) is 9.78. The maximum Gasteiger partial charge on any atom is 0.0744 e. The Kier molecular flexibility index (Phi) is 3.53. The molecule has 1 heterocycles. The summed E-state index contributed by atoms with van der Waals surface area (Å²) in [6.07, 6.45) is 0.134. The molecule has 1 aliphatic heterocycles. The van der Waals surface area contributed by atoms with Crippen molar-refractivity contribution in [2.75, 3.05) is 0 Å². The number of rotatable bonds is 0. The summed E-state index contributed by atoms with van der Waals surface area (Å²) < 4.78 is 5.53. The summed E-state index contributed by atoms with van der Waals surface area (Å²) in [6, 6.07) is 6.41. The highest BCUT2D eigenvalue weighted by atomic mass is 35.5. The highest BCUT2D eigenvalue weighted by molar-refractivity contribution is 5.85. The summed E-state index contributed by atoms with van der Waals surface area (Å²) in [5, 5.41) is 0. The van der Waals surface area contributed by atoms with E-state index in [1.54, 1.807) is 0 Å². The molecule has 0 bridgehead atoms. The van der Waals surface area contributed by atoms with E-state index >= 15 is 0 Å². The van der Waals surface area contributed by atoms with Crippen molar-refractivity contribution in [3.05, 3.63) is 34.9 Å². The van der Waals surface area contributed by atoms with Crippen molar-refractivity contribution in [2.24, 2.45) is 5.73 Å². The van der Waals surface area contributed by atoms with E-state index in [9.17, 15) is 0 Å². The van der Waals surface area contributed by atoms with E-state index in [1.807, 2.05) is 6.92 Å². The zero-order valence-corrected chi connectivity index (χ0v) is 9.30. The Morgan fingerprint density at radius 2 is 2.14 bits per heavy atom. The first kappa shape index (κ1) is 11.5. The van der Waals surface area contributed by atoms with Gasteiger partial charge in [0, 0.05) is 0 Å². The molecule has 0 spiro atoms. The Labute approximate surface area is 90.9 Å². The van der Waals surface area contributed by atoms with Gasteiger partial charge in [-0.15, -0.1) is 12.4 Å². The van der Waals surface area contributed by atoms with Crippen LogP contribution in [0.25, 0.3) is 0 Å². The van der Waals surface area contributed by atoms with Crippen LogP contribution in [-0.2, 0) is 11.3 Å². The minimum Gasteiger partial charge on any atom is -0.372 e. The molecule has 2 nitrogen and oxygen atoms in total. The van der Waals surface area contributed by atoms with Gasteiger partial charge in [0.05, 0.1) is 18.8 Å². The molecule has 1 aromatic carbocycles. The molecule has 3 heteroatoms. The zero-order chi connectivity index (χ0) is 9.42. The lowest BCUT2D eigenvalue weighted by Gasteiger charge is -2.29. The van der Waals surface area contributed by atoms with Gasteiger partial charge in [-0.1, -0.05) is 23.8 Å². The fraction of sp³-hybridized carbons (Fsp3) is 0.455. The standard InChI is InChI=1S/C11H15NO.ClH/c1-7-3-4-9-6-13-8(2)11(12)10(9)5-7;/h3-5,8,11H,6,12H2,1-2H3;1H/t8-,11+;/m1./s1. The zero-order valence-electron chi connectivity index (χ0n) is 8.49. The topological polar surface area (TPSA) is 35.2 Å². The van der Waals surface area contributed by atoms with Crippen LogP contribution in [0.15, 0.2) is 18.2 Å². The fourth-order valence-electron chi connectivity index (χ4n) is 1.73. The van der Waals surface area contributed by atoms with Gasteiger partial charge in [0.25, 0.3) is 0 Å². The molecule has 2 rings (SSSR count). The Hall–Kier alpha value is -0.570. The minimum atomic E-state index is 0. The number of nitrogens with two attached hydrogens (primary N) is 1. The van der Waals surface area contributed by atoms with E-state index in [0.29, 0.717) is 6.61 Å². The smallest absolute Gasteiger partial charge is 0.0744 e. The Bertz CT molecular complexity index is 327. The van der Waals surface area contributed by atoms with Gasteiger partial charge in [0.2, 0.25) is 0 Å². The first-order valence-corrected chi connectivity index (χ1v) is 4.65. The predicted molar refractivity (Wildman–Crippen MR) is 59.6 cm³/mol. The van der Waals surface area contributed by atoms with Gasteiger partial charge in [0.15, 0.2) is 0 Å². The Balaban J connectivity index is 0.000000980. The lowest BCUT2D eigenvalue weighted by atomic mass is 9.94. The van der Waals surface area contributed by atoms with Gasteiger partial charge >= 0.3 is 0 Å². The van der Waals surface area contributed by atoms with Crippen LogP contribution in [0.5, 0.6) is 0 Å². The van der Waals surface area contributed by atoms with Crippen LogP contribution in [0.4, 0.5) is 0 Å². The number of ether oxygens (including phenoxy) is 1. The van der Waals surface area contributed by atoms with Crippen LogP contribution in [0.3, 0.4) is 0 Å². The molecule has 0 aromatic heterocycles. The fourth-order valence-corrected chi connectivity index (χ4v) is 1.73. The SMILES string of the molecule is Cc1ccc2c(c1)[C@@H](N)[C@@H](C)OC2.Cl. The first-order chi connectivity index (χ1) is 6.18. The van der Waals surface area contributed by atoms with E-state index in [0.717, 1.165) is 0 Å². The second-order valence-corrected chi connectivity index (χ2v) is 3.74. The molecular weight excluding hydrogens is 198 g/mol. The third kappa shape index (κ3) is 1.92.